The molecule has 3 heterocycles. The summed E-state index contributed by atoms with van der Waals surface area (Å²) in [6.07, 6.45) is -4.71. The van der Waals surface area contributed by atoms with Crippen molar-refractivity contribution in [1.82, 2.24) is 9.97 Å². The predicted octanol–water partition coefficient (Wildman–Crippen LogP) is 4.66. The number of halogens is 4. The van der Waals surface area contributed by atoms with Gasteiger partial charge >= 0.3 is 6.18 Å². The summed E-state index contributed by atoms with van der Waals surface area (Å²) in [5.41, 5.74) is -0.144. The molecule has 0 amide bonds. The van der Waals surface area contributed by atoms with Crippen molar-refractivity contribution in [3.8, 4) is 0 Å². The quantitative estimate of drug-likeness (QED) is 0.633. The van der Waals surface area contributed by atoms with Crippen LogP contribution < -0.4 is 0 Å². The van der Waals surface area contributed by atoms with Crippen LogP contribution in [0.3, 0.4) is 0 Å². The number of nitrogens with zero attached hydrogens (tertiary/aromatic N) is 2. The van der Waals surface area contributed by atoms with Gasteiger partial charge in [-0.15, -0.1) is 22.7 Å². The molecular weight excluding hydrogens is 345 g/mol. The van der Waals surface area contributed by atoms with Crippen molar-refractivity contribution in [2.75, 3.05) is 0 Å². The molecular formula is C12H4ClF3N2OS2. The molecule has 0 N–H and O–H groups in total. The van der Waals surface area contributed by atoms with Crippen LogP contribution >= 0.6 is 34.3 Å². The van der Waals surface area contributed by atoms with E-state index in [4.69, 9.17) is 11.6 Å². The summed E-state index contributed by atoms with van der Waals surface area (Å²) in [4.78, 5) is 19.5. The second-order valence-electron chi connectivity index (χ2n) is 3.96. The molecule has 21 heavy (non-hydrogen) atoms. The van der Waals surface area contributed by atoms with E-state index >= 15 is 0 Å². The molecule has 0 aliphatic rings. The van der Waals surface area contributed by atoms with Gasteiger partial charge in [-0.05, 0) is 23.6 Å². The molecule has 0 aliphatic carbocycles. The van der Waals surface area contributed by atoms with Crippen molar-refractivity contribution in [2.24, 2.45) is 0 Å². The molecule has 0 aliphatic heterocycles. The Labute approximate surface area is 129 Å². The molecule has 0 unspecified atom stereocenters. The van der Waals surface area contributed by atoms with E-state index in [9.17, 15) is 18.0 Å². The highest BCUT2D eigenvalue weighted by atomic mass is 35.5. The zero-order valence-electron chi connectivity index (χ0n) is 9.94. The molecule has 3 rings (SSSR count). The Balaban J connectivity index is 2.21. The topological polar surface area (TPSA) is 42.9 Å². The lowest BCUT2D eigenvalue weighted by Gasteiger charge is -2.07. The molecule has 9 heteroatoms. The Morgan fingerprint density at radius 3 is 2.57 bits per heavy atom. The predicted molar refractivity (Wildman–Crippen MR) is 75.2 cm³/mol. The standard InChI is InChI=1S/C12H4ClF3N2OS2/c13-7-2-1-6(21-7)9(19)8-10-5(3-4-20-10)17-11(18-8)12(14,15)16/h1-4H. The van der Waals surface area contributed by atoms with E-state index in [2.05, 4.69) is 9.97 Å². The van der Waals surface area contributed by atoms with Crippen LogP contribution in [-0.4, -0.2) is 15.8 Å². The van der Waals surface area contributed by atoms with E-state index in [1.165, 1.54) is 18.2 Å². The van der Waals surface area contributed by atoms with Gasteiger partial charge in [0, 0.05) is 0 Å². The summed E-state index contributed by atoms with van der Waals surface area (Å²) in [7, 11) is 0. The fourth-order valence-corrected chi connectivity index (χ4v) is 3.50. The summed E-state index contributed by atoms with van der Waals surface area (Å²) < 4.78 is 39.2. The molecule has 0 saturated heterocycles. The third-order valence-corrected chi connectivity index (χ3v) is 4.71. The van der Waals surface area contributed by atoms with Gasteiger partial charge in [0.2, 0.25) is 11.6 Å². The largest absolute Gasteiger partial charge is 0.451 e. The first-order valence-corrected chi connectivity index (χ1v) is 7.56. The Morgan fingerprint density at radius 2 is 1.95 bits per heavy atom. The average Bonchev–Trinajstić information content (AvgIpc) is 3.03. The molecule has 3 aromatic heterocycles. The summed E-state index contributed by atoms with van der Waals surface area (Å²) in [5, 5.41) is 1.57. The van der Waals surface area contributed by atoms with E-state index in [-0.39, 0.29) is 16.1 Å². The van der Waals surface area contributed by atoms with Crippen LogP contribution in [0.15, 0.2) is 23.6 Å². The van der Waals surface area contributed by atoms with Gasteiger partial charge in [0.1, 0.15) is 5.69 Å². The summed E-state index contributed by atoms with van der Waals surface area (Å²) in [5.74, 6) is -1.91. The van der Waals surface area contributed by atoms with Crippen LogP contribution in [0.25, 0.3) is 10.2 Å². The SMILES string of the molecule is O=C(c1ccc(Cl)s1)c1nc(C(F)(F)F)nc2ccsc12. The van der Waals surface area contributed by atoms with Gasteiger partial charge in [-0.25, -0.2) is 9.97 Å². The van der Waals surface area contributed by atoms with Gasteiger partial charge < -0.3 is 0 Å². The van der Waals surface area contributed by atoms with Gasteiger partial charge in [-0.2, -0.15) is 13.2 Å². The maximum absolute atomic E-state index is 12.8. The van der Waals surface area contributed by atoms with E-state index < -0.39 is 17.8 Å². The number of fused-ring (bicyclic) bond motifs is 1. The molecule has 0 saturated carbocycles. The summed E-state index contributed by atoms with van der Waals surface area (Å²) >= 11 is 7.86. The lowest BCUT2D eigenvalue weighted by molar-refractivity contribution is -0.144. The second kappa shape index (κ2) is 5.04. The molecule has 0 radical (unpaired) electrons. The molecule has 108 valence electrons. The maximum Gasteiger partial charge on any atom is 0.451 e. The van der Waals surface area contributed by atoms with Gasteiger partial charge in [-0.1, -0.05) is 11.6 Å². The minimum absolute atomic E-state index is 0.105. The van der Waals surface area contributed by atoms with Gasteiger partial charge in [0.05, 0.1) is 19.4 Å². The number of hydrogen-bond donors (Lipinski definition) is 0. The number of ketones is 1. The van der Waals surface area contributed by atoms with Crippen molar-refractivity contribution in [3.05, 3.63) is 44.3 Å². The van der Waals surface area contributed by atoms with Gasteiger partial charge in [0.15, 0.2) is 0 Å². The van der Waals surface area contributed by atoms with Gasteiger partial charge in [0.25, 0.3) is 0 Å². The highest BCUT2D eigenvalue weighted by Gasteiger charge is 2.36. The minimum Gasteiger partial charge on any atom is -0.286 e. The zero-order chi connectivity index (χ0) is 15.2. The van der Waals surface area contributed by atoms with Crippen molar-refractivity contribution >= 4 is 50.3 Å². The number of rotatable bonds is 2. The smallest absolute Gasteiger partial charge is 0.286 e. The first kappa shape index (κ1) is 14.4. The lowest BCUT2D eigenvalue weighted by atomic mass is 10.2. The van der Waals surface area contributed by atoms with E-state index in [1.807, 2.05) is 0 Å². The van der Waals surface area contributed by atoms with Gasteiger partial charge in [-0.3, -0.25) is 4.79 Å². The molecule has 3 aromatic rings. The van der Waals surface area contributed by atoms with E-state index in [0.29, 0.717) is 9.04 Å². The van der Waals surface area contributed by atoms with Crippen LogP contribution in [-0.2, 0) is 6.18 Å². The van der Waals surface area contributed by atoms with Crippen molar-refractivity contribution in [3.63, 3.8) is 0 Å². The Bertz CT molecular complexity index is 841. The first-order valence-electron chi connectivity index (χ1n) is 5.49. The van der Waals surface area contributed by atoms with Crippen LogP contribution in [0, 0.1) is 0 Å². The van der Waals surface area contributed by atoms with Crippen molar-refractivity contribution in [1.29, 1.82) is 0 Å². The average molecular weight is 349 g/mol. The third-order valence-electron chi connectivity index (χ3n) is 2.57. The molecule has 0 bridgehead atoms. The third kappa shape index (κ3) is 2.66. The molecule has 0 aromatic carbocycles. The lowest BCUT2D eigenvalue weighted by Crippen LogP contribution is -2.14. The molecule has 3 nitrogen and oxygen atoms in total. The van der Waals surface area contributed by atoms with E-state index in [1.54, 1.807) is 5.38 Å². The maximum atomic E-state index is 12.8. The monoisotopic (exact) mass is 348 g/mol. The number of alkyl halides is 3. The Kier molecular flexibility index (Phi) is 3.46. The van der Waals surface area contributed by atoms with Crippen LogP contribution in [0.2, 0.25) is 4.34 Å². The first-order chi connectivity index (χ1) is 9.86. The number of carbonyl (C=O) groups is 1. The normalized spacial score (nSPS) is 12.0. The van der Waals surface area contributed by atoms with Crippen molar-refractivity contribution in [2.45, 2.75) is 6.18 Å². The summed E-state index contributed by atoms with van der Waals surface area (Å²) in [6.45, 7) is 0. The fourth-order valence-electron chi connectivity index (χ4n) is 1.70. The van der Waals surface area contributed by atoms with Crippen LogP contribution in [0.1, 0.15) is 21.2 Å². The van der Waals surface area contributed by atoms with Crippen molar-refractivity contribution < 1.29 is 18.0 Å². The van der Waals surface area contributed by atoms with Crippen LogP contribution in [0.5, 0.6) is 0 Å². The number of carbonyl (C=O) groups excluding carboxylic acids is 1. The molecule has 0 atom stereocenters. The Hall–Kier alpha value is -1.51. The van der Waals surface area contributed by atoms with E-state index in [0.717, 1.165) is 22.7 Å². The molecule has 0 spiro atoms. The number of aromatic nitrogens is 2. The minimum atomic E-state index is -4.71. The summed E-state index contributed by atoms with van der Waals surface area (Å²) in [6, 6.07) is 4.40. The number of thiophene rings is 2. The Morgan fingerprint density at radius 1 is 1.19 bits per heavy atom. The zero-order valence-corrected chi connectivity index (χ0v) is 12.3. The highest BCUT2D eigenvalue weighted by Crippen LogP contribution is 2.32. The fraction of sp³-hybridized carbons (Fsp3) is 0.0833. The van der Waals surface area contributed by atoms with Crippen LogP contribution in [0.4, 0.5) is 13.2 Å². The molecule has 0 fully saturated rings. The number of hydrogen-bond acceptors (Lipinski definition) is 5. The highest BCUT2D eigenvalue weighted by molar-refractivity contribution is 7.19. The second-order valence-corrected chi connectivity index (χ2v) is 6.59.